The third-order valence-corrected chi connectivity index (χ3v) is 8.13. The summed E-state index contributed by atoms with van der Waals surface area (Å²) >= 11 is 0.202. The van der Waals surface area contributed by atoms with Crippen molar-refractivity contribution in [2.45, 2.75) is 31.7 Å². The number of hydrogen-bond acceptors (Lipinski definition) is 9. The normalized spacial score (nSPS) is 13.5. The highest BCUT2D eigenvalue weighted by molar-refractivity contribution is 7.89. The van der Waals surface area contributed by atoms with Gasteiger partial charge in [-0.2, -0.15) is 5.10 Å². The van der Waals surface area contributed by atoms with Gasteiger partial charge in [0.05, 0.1) is 52.0 Å². The van der Waals surface area contributed by atoms with Crippen LogP contribution in [0.4, 0.5) is 0 Å². The molecule has 0 saturated heterocycles. The molecule has 0 aromatic carbocycles. The molecule has 2 atom stereocenters. The van der Waals surface area contributed by atoms with Crippen molar-refractivity contribution >= 4 is 28.3 Å². The molecule has 0 radical (unpaired) electrons. The van der Waals surface area contributed by atoms with Crippen LogP contribution in [0.5, 0.6) is 5.88 Å². The maximum Gasteiger partial charge on any atom is 0.219 e. The van der Waals surface area contributed by atoms with Crippen molar-refractivity contribution in [1.82, 2.24) is 34.1 Å². The molecule has 0 aliphatic rings. The van der Waals surface area contributed by atoms with Crippen LogP contribution in [0.15, 0.2) is 53.0 Å². The molecule has 0 saturated carbocycles. The van der Waals surface area contributed by atoms with Crippen LogP contribution in [-0.4, -0.2) is 86.9 Å². The zero-order valence-corrected chi connectivity index (χ0v) is 23.7. The molecule has 37 heavy (non-hydrogen) atoms. The smallest absolute Gasteiger partial charge is 0.219 e. The van der Waals surface area contributed by atoms with E-state index in [1.54, 1.807) is 28.1 Å². The van der Waals surface area contributed by atoms with E-state index in [9.17, 15) is 4.55 Å². The third kappa shape index (κ3) is 6.86. The molecule has 0 fully saturated rings. The summed E-state index contributed by atoms with van der Waals surface area (Å²) in [6.07, 6.45) is 3.64. The van der Waals surface area contributed by atoms with Crippen molar-refractivity contribution in [3.63, 3.8) is 0 Å². The molecule has 0 bridgehead atoms. The van der Waals surface area contributed by atoms with Gasteiger partial charge >= 0.3 is 0 Å². The number of fused-ring (bicyclic) bond motifs is 1. The van der Waals surface area contributed by atoms with E-state index in [1.807, 2.05) is 54.8 Å². The summed E-state index contributed by atoms with van der Waals surface area (Å²) in [4.78, 5) is 15.7. The van der Waals surface area contributed by atoms with Crippen LogP contribution in [0.3, 0.4) is 0 Å². The maximum absolute atomic E-state index is 13.3. The Bertz CT molecular complexity index is 1280. The molecule has 0 amide bonds. The van der Waals surface area contributed by atoms with Gasteiger partial charge in [-0.05, 0) is 51.6 Å². The highest BCUT2D eigenvalue weighted by Crippen LogP contribution is 2.29. The first-order valence-corrected chi connectivity index (χ1v) is 14.5. The minimum absolute atomic E-state index is 0.260. The number of likely N-dealkylation sites (N-methyl/N-ethyl adjacent to an activating group) is 2. The van der Waals surface area contributed by atoms with Gasteiger partial charge in [-0.15, -0.1) is 16.1 Å². The predicted molar refractivity (Wildman–Crippen MR) is 150 cm³/mol. The Kier molecular flexibility index (Phi) is 9.52. The Balaban J connectivity index is 1.66. The first kappa shape index (κ1) is 27.5. The quantitative estimate of drug-likeness (QED) is 0.256. The maximum atomic E-state index is 13.3. The first-order valence-electron chi connectivity index (χ1n) is 12.5. The van der Waals surface area contributed by atoms with Gasteiger partial charge in [0.15, 0.2) is 10.5 Å². The fraction of sp³-hybridized carbons (Fsp3) is 0.423. The summed E-state index contributed by atoms with van der Waals surface area (Å²) in [7, 11) is 3.98. The molecule has 0 aliphatic carbocycles. The number of thiophene rings is 1. The molecular weight excluding hydrogens is 506 g/mol. The largest absolute Gasteiger partial charge is 0.593 e. The average molecular weight is 542 g/mol. The average Bonchev–Trinajstić information content (AvgIpc) is 3.57. The number of pyridine rings is 1. The number of ether oxygens (including phenoxy) is 1. The lowest BCUT2D eigenvalue weighted by atomic mass is 10.2. The van der Waals surface area contributed by atoms with E-state index in [0.29, 0.717) is 35.3 Å². The molecule has 0 aliphatic heterocycles. The predicted octanol–water partition coefficient (Wildman–Crippen LogP) is 3.80. The van der Waals surface area contributed by atoms with Crippen LogP contribution >= 0.6 is 11.3 Å². The van der Waals surface area contributed by atoms with Crippen LogP contribution in [0.25, 0.3) is 27.5 Å². The van der Waals surface area contributed by atoms with E-state index in [2.05, 4.69) is 35.5 Å². The molecule has 4 heterocycles. The Labute approximate surface area is 225 Å². The Hall–Kier alpha value is -2.54. The lowest BCUT2D eigenvalue weighted by molar-refractivity contribution is 0.232. The second kappa shape index (κ2) is 12.8. The second-order valence-corrected chi connectivity index (χ2v) is 11.2. The lowest BCUT2D eigenvalue weighted by Crippen LogP contribution is -2.41. The van der Waals surface area contributed by atoms with Gasteiger partial charge in [-0.1, -0.05) is 19.9 Å². The van der Waals surface area contributed by atoms with Gasteiger partial charge in [0.25, 0.3) is 0 Å². The summed E-state index contributed by atoms with van der Waals surface area (Å²) in [6, 6.07) is 9.85. The van der Waals surface area contributed by atoms with E-state index in [-0.39, 0.29) is 6.04 Å². The molecule has 0 spiro atoms. The molecule has 9 nitrogen and oxygen atoms in total. The molecular formula is C26H35N7O2S2. The third-order valence-electron chi connectivity index (χ3n) is 6.14. The van der Waals surface area contributed by atoms with Crippen LogP contribution in [0.2, 0.25) is 0 Å². The molecule has 4 aromatic heterocycles. The zero-order valence-electron chi connectivity index (χ0n) is 22.0. The summed E-state index contributed by atoms with van der Waals surface area (Å²) in [5.74, 6) is 0.426. The fourth-order valence-electron chi connectivity index (χ4n) is 4.00. The molecule has 4 rings (SSSR count). The van der Waals surface area contributed by atoms with Crippen molar-refractivity contribution in [2.24, 2.45) is 0 Å². The number of nitrogens with zero attached hydrogens (tertiary/aromatic N) is 6. The van der Waals surface area contributed by atoms with Crippen LogP contribution in [-0.2, 0) is 11.4 Å². The molecule has 198 valence electrons. The standard InChI is InChI=1S/C26H35N7O2S2/c1-6-32(7-2)19(3)17-28-37(34)20-15-23(29-25(16-20)35-13-12-31(4)5)21-18-27-33-11-10-22(30-26(21)33)24-9-8-14-36-24/h8-11,14-16,18-19,28H,6-7,12-13,17H2,1-5H3. The molecule has 4 aromatic rings. The number of hydrogen-bond donors (Lipinski definition) is 1. The molecule has 1 N–H and O–H groups in total. The summed E-state index contributed by atoms with van der Waals surface area (Å²) < 4.78 is 24.2. The Morgan fingerprint density at radius 2 is 1.97 bits per heavy atom. The van der Waals surface area contributed by atoms with Crippen LogP contribution < -0.4 is 9.46 Å². The van der Waals surface area contributed by atoms with Gasteiger partial charge in [0, 0.05) is 24.8 Å². The van der Waals surface area contributed by atoms with Crippen molar-refractivity contribution < 1.29 is 9.29 Å². The number of aromatic nitrogens is 4. The van der Waals surface area contributed by atoms with Crippen molar-refractivity contribution in [3.8, 4) is 27.7 Å². The van der Waals surface area contributed by atoms with Crippen molar-refractivity contribution in [3.05, 3.63) is 48.1 Å². The topological polar surface area (TPSA) is 93.9 Å². The lowest BCUT2D eigenvalue weighted by Gasteiger charge is -2.26. The highest BCUT2D eigenvalue weighted by Gasteiger charge is 2.21. The van der Waals surface area contributed by atoms with Crippen LogP contribution in [0.1, 0.15) is 20.8 Å². The first-order chi connectivity index (χ1) is 17.9. The second-order valence-electron chi connectivity index (χ2n) is 8.98. The Morgan fingerprint density at radius 3 is 2.68 bits per heavy atom. The Morgan fingerprint density at radius 1 is 1.16 bits per heavy atom. The molecule has 11 heteroatoms. The molecule has 2 unspecified atom stereocenters. The summed E-state index contributed by atoms with van der Waals surface area (Å²) in [5.41, 5.74) is 2.93. The van der Waals surface area contributed by atoms with E-state index < -0.39 is 11.4 Å². The van der Waals surface area contributed by atoms with E-state index in [4.69, 9.17) is 14.7 Å². The van der Waals surface area contributed by atoms with Crippen LogP contribution in [0, 0.1) is 0 Å². The zero-order chi connectivity index (χ0) is 26.4. The van der Waals surface area contributed by atoms with E-state index in [1.165, 1.54) is 0 Å². The van der Waals surface area contributed by atoms with Gasteiger partial charge in [0.1, 0.15) is 6.61 Å². The van der Waals surface area contributed by atoms with Gasteiger partial charge in [-0.25, -0.2) is 14.5 Å². The van der Waals surface area contributed by atoms with Gasteiger partial charge < -0.3 is 14.2 Å². The number of rotatable bonds is 13. The van der Waals surface area contributed by atoms with E-state index in [0.717, 1.165) is 35.8 Å². The monoisotopic (exact) mass is 541 g/mol. The summed E-state index contributed by atoms with van der Waals surface area (Å²) in [5, 5.41) is 6.51. The van der Waals surface area contributed by atoms with Gasteiger partial charge in [-0.3, -0.25) is 4.90 Å². The van der Waals surface area contributed by atoms with E-state index >= 15 is 0 Å². The SMILES string of the molecule is CCN(CC)C(C)CN[S+]([O-])c1cc(OCCN(C)C)nc(-c2cnn3ccc(-c4cccs4)nc23)c1. The number of nitrogens with one attached hydrogen (secondary N) is 1. The van der Waals surface area contributed by atoms with Gasteiger partial charge in [0.2, 0.25) is 5.88 Å². The fourth-order valence-corrected chi connectivity index (χ4v) is 5.68. The minimum Gasteiger partial charge on any atom is -0.593 e. The van der Waals surface area contributed by atoms with Crippen molar-refractivity contribution in [1.29, 1.82) is 0 Å². The highest BCUT2D eigenvalue weighted by atomic mass is 32.2. The minimum atomic E-state index is -1.44. The van der Waals surface area contributed by atoms with Crippen molar-refractivity contribution in [2.75, 3.05) is 46.9 Å². The summed E-state index contributed by atoms with van der Waals surface area (Å²) in [6.45, 7) is 10.1.